The number of nitrogens with zero attached hydrogens (tertiary/aromatic N) is 2. The number of methoxy groups -OCH3 is 1. The molecule has 2 N–H and O–H groups in total. The number of hydrogen-bond donors (Lipinski definition) is 2. The predicted molar refractivity (Wildman–Crippen MR) is 62.6 cm³/mol. The summed E-state index contributed by atoms with van der Waals surface area (Å²) in [5.74, 6) is -1.29. The van der Waals surface area contributed by atoms with E-state index >= 15 is 0 Å². The Labute approximate surface area is 109 Å². The highest BCUT2D eigenvalue weighted by Gasteiger charge is 2.23. The third kappa shape index (κ3) is 3.72. The van der Waals surface area contributed by atoms with Gasteiger partial charge in [0.2, 0.25) is 10.0 Å². The van der Waals surface area contributed by atoms with E-state index in [1.165, 1.54) is 18.3 Å². The first-order valence-electron chi connectivity index (χ1n) is 5.02. The van der Waals surface area contributed by atoms with E-state index in [1.54, 1.807) is 6.07 Å². The summed E-state index contributed by atoms with van der Waals surface area (Å²) in [5, 5.41) is 17.5. The molecule has 0 spiro atoms. The monoisotopic (exact) mass is 285 g/mol. The average molecular weight is 285 g/mol. The normalized spacial score (nSPS) is 12.6. The molecule has 0 radical (unpaired) electrons. The minimum atomic E-state index is -4.02. The highest BCUT2D eigenvalue weighted by Crippen LogP contribution is 2.11. The summed E-state index contributed by atoms with van der Waals surface area (Å²) >= 11 is 0. The van der Waals surface area contributed by atoms with Gasteiger partial charge in [-0.05, 0) is 12.1 Å². The van der Waals surface area contributed by atoms with Gasteiger partial charge in [-0.3, -0.25) is 0 Å². The number of carboxylic acid groups (broad SMARTS) is 1. The molecule has 0 aliphatic heterocycles. The lowest BCUT2D eigenvalue weighted by Gasteiger charge is -2.12. The zero-order valence-corrected chi connectivity index (χ0v) is 10.7. The highest BCUT2D eigenvalue weighted by atomic mass is 32.2. The van der Waals surface area contributed by atoms with Gasteiger partial charge in [0, 0.05) is 19.9 Å². The van der Waals surface area contributed by atoms with Crippen LogP contribution in [0.2, 0.25) is 0 Å². The predicted octanol–water partition coefficient (Wildman–Crippen LogP) is -0.669. The van der Waals surface area contributed by atoms with Crippen LogP contribution in [0.15, 0.2) is 23.2 Å². The fourth-order valence-electron chi connectivity index (χ4n) is 1.23. The maximum absolute atomic E-state index is 11.9. The molecule has 1 unspecified atom stereocenters. The molecule has 0 saturated heterocycles. The molecule has 1 aromatic rings. The van der Waals surface area contributed by atoms with Crippen molar-refractivity contribution in [3.05, 3.63) is 24.0 Å². The topological polar surface area (TPSA) is 129 Å². The third-order valence-electron chi connectivity index (χ3n) is 2.18. The van der Waals surface area contributed by atoms with Crippen LogP contribution in [-0.2, 0) is 19.6 Å². The number of ether oxygens (including phenoxy) is 1. The zero-order chi connectivity index (χ0) is 14.5. The van der Waals surface area contributed by atoms with Gasteiger partial charge in [0.15, 0.2) is 11.8 Å². The molecule has 0 saturated carbocycles. The van der Waals surface area contributed by atoms with Crippen LogP contribution in [0.1, 0.15) is 5.69 Å². The summed E-state index contributed by atoms with van der Waals surface area (Å²) < 4.78 is 30.5. The molecule has 1 atom stereocenters. The Kier molecular flexibility index (Phi) is 4.94. The van der Waals surface area contributed by atoms with Gasteiger partial charge in [-0.2, -0.15) is 5.26 Å². The van der Waals surface area contributed by atoms with E-state index in [0.717, 1.165) is 7.11 Å². The van der Waals surface area contributed by atoms with Crippen LogP contribution in [-0.4, -0.2) is 44.2 Å². The van der Waals surface area contributed by atoms with Crippen molar-refractivity contribution in [2.24, 2.45) is 0 Å². The van der Waals surface area contributed by atoms with E-state index in [4.69, 9.17) is 10.4 Å². The second-order valence-corrected chi connectivity index (χ2v) is 5.11. The molecule has 102 valence electrons. The molecular weight excluding hydrogens is 274 g/mol. The lowest BCUT2D eigenvalue weighted by molar-refractivity contribution is -0.147. The van der Waals surface area contributed by atoms with Crippen LogP contribution in [0.5, 0.6) is 0 Å². The van der Waals surface area contributed by atoms with Gasteiger partial charge in [0.05, 0.1) is 0 Å². The summed E-state index contributed by atoms with van der Waals surface area (Å²) in [5.41, 5.74) is -0.265. The SMILES string of the molecule is COC(CNS(=O)(=O)c1cccnc1C#N)C(=O)O. The van der Waals surface area contributed by atoms with Crippen LogP contribution < -0.4 is 4.72 Å². The van der Waals surface area contributed by atoms with Crippen LogP contribution in [0.4, 0.5) is 0 Å². The van der Waals surface area contributed by atoms with E-state index in [-0.39, 0.29) is 10.6 Å². The van der Waals surface area contributed by atoms with Crippen LogP contribution in [0.25, 0.3) is 0 Å². The molecule has 0 amide bonds. The summed E-state index contributed by atoms with van der Waals surface area (Å²) in [6.45, 7) is -0.450. The first-order chi connectivity index (χ1) is 8.92. The van der Waals surface area contributed by atoms with Gasteiger partial charge >= 0.3 is 5.97 Å². The molecule has 0 aromatic carbocycles. The van der Waals surface area contributed by atoms with Gasteiger partial charge in [-0.25, -0.2) is 22.9 Å². The maximum Gasteiger partial charge on any atom is 0.334 e. The lowest BCUT2D eigenvalue weighted by atomic mass is 10.4. The first kappa shape index (κ1) is 15.0. The van der Waals surface area contributed by atoms with Crippen LogP contribution in [0, 0.1) is 11.3 Å². The molecule has 0 aliphatic rings. The molecule has 0 bridgehead atoms. The second-order valence-electron chi connectivity index (χ2n) is 3.38. The van der Waals surface area contributed by atoms with E-state index in [1.807, 2.05) is 0 Å². The van der Waals surface area contributed by atoms with E-state index in [2.05, 4.69) is 14.4 Å². The van der Waals surface area contributed by atoms with Crippen molar-refractivity contribution in [3.63, 3.8) is 0 Å². The summed E-state index contributed by atoms with van der Waals surface area (Å²) in [7, 11) is -2.87. The highest BCUT2D eigenvalue weighted by molar-refractivity contribution is 7.89. The molecule has 0 fully saturated rings. The van der Waals surface area contributed by atoms with Crippen molar-refractivity contribution in [2.45, 2.75) is 11.0 Å². The summed E-state index contributed by atoms with van der Waals surface area (Å²) in [6.07, 6.45) is -0.0238. The largest absolute Gasteiger partial charge is 0.479 e. The smallest absolute Gasteiger partial charge is 0.334 e. The Morgan fingerprint density at radius 2 is 2.37 bits per heavy atom. The number of pyridine rings is 1. The van der Waals surface area contributed by atoms with Crippen molar-refractivity contribution in [1.82, 2.24) is 9.71 Å². The molecule has 1 rings (SSSR count). The molecular formula is C10H11N3O5S. The first-order valence-corrected chi connectivity index (χ1v) is 6.51. The fourth-order valence-corrected chi connectivity index (χ4v) is 2.36. The second kappa shape index (κ2) is 6.24. The maximum atomic E-state index is 11.9. The van der Waals surface area contributed by atoms with Gasteiger partial charge in [-0.1, -0.05) is 0 Å². The number of aromatic nitrogens is 1. The summed E-state index contributed by atoms with van der Waals surface area (Å²) in [6, 6.07) is 4.21. The Bertz CT molecular complexity index is 608. The van der Waals surface area contributed by atoms with E-state index < -0.39 is 28.6 Å². The van der Waals surface area contributed by atoms with Gasteiger partial charge in [0.1, 0.15) is 11.0 Å². The van der Waals surface area contributed by atoms with Crippen LogP contribution in [0.3, 0.4) is 0 Å². The number of rotatable bonds is 6. The molecule has 8 nitrogen and oxygen atoms in total. The van der Waals surface area contributed by atoms with E-state index in [9.17, 15) is 13.2 Å². The van der Waals surface area contributed by atoms with Crippen molar-refractivity contribution in [1.29, 1.82) is 5.26 Å². The molecule has 9 heteroatoms. The van der Waals surface area contributed by atoms with Gasteiger partial charge < -0.3 is 9.84 Å². The molecule has 1 aromatic heterocycles. The Morgan fingerprint density at radius 3 is 2.89 bits per heavy atom. The van der Waals surface area contributed by atoms with Gasteiger partial charge in [-0.15, -0.1) is 0 Å². The lowest BCUT2D eigenvalue weighted by Crippen LogP contribution is -2.38. The fraction of sp³-hybridized carbons (Fsp3) is 0.300. The number of carboxylic acids is 1. The number of carbonyl (C=O) groups is 1. The molecule has 1 heterocycles. The summed E-state index contributed by atoms with van der Waals surface area (Å²) in [4.78, 5) is 14.0. The molecule has 0 aliphatic carbocycles. The van der Waals surface area contributed by atoms with Crippen molar-refractivity contribution >= 4 is 16.0 Å². The number of nitriles is 1. The van der Waals surface area contributed by atoms with Crippen molar-refractivity contribution < 1.29 is 23.1 Å². The van der Waals surface area contributed by atoms with Crippen LogP contribution >= 0.6 is 0 Å². The molecule has 19 heavy (non-hydrogen) atoms. The number of nitrogens with one attached hydrogen (secondary N) is 1. The third-order valence-corrected chi connectivity index (χ3v) is 3.64. The van der Waals surface area contributed by atoms with E-state index in [0.29, 0.717) is 0 Å². The average Bonchev–Trinajstić information content (AvgIpc) is 2.38. The Morgan fingerprint density at radius 1 is 1.68 bits per heavy atom. The number of sulfonamides is 1. The zero-order valence-electron chi connectivity index (χ0n) is 9.90. The number of hydrogen-bond acceptors (Lipinski definition) is 6. The Balaban J connectivity index is 2.94. The minimum Gasteiger partial charge on any atom is -0.479 e. The minimum absolute atomic E-state index is 0.265. The standard InChI is InChI=1S/C10H11N3O5S/c1-18-8(10(14)15)6-13-19(16,17)9-3-2-4-12-7(9)5-11/h2-4,8,13H,6H2,1H3,(H,14,15). The van der Waals surface area contributed by atoms with Crippen molar-refractivity contribution in [3.8, 4) is 6.07 Å². The quantitative estimate of drug-likeness (QED) is 0.709. The van der Waals surface area contributed by atoms with Gasteiger partial charge in [0.25, 0.3) is 0 Å². The number of aliphatic carboxylic acids is 1. The van der Waals surface area contributed by atoms with Crippen molar-refractivity contribution in [2.75, 3.05) is 13.7 Å². The Hall–Kier alpha value is -2.02.